The summed E-state index contributed by atoms with van der Waals surface area (Å²) < 4.78 is 5.59. The average molecular weight is 307 g/mol. The number of rotatable bonds is 4. The van der Waals surface area contributed by atoms with Crippen LogP contribution in [-0.4, -0.2) is 40.1 Å². The van der Waals surface area contributed by atoms with E-state index in [1.54, 1.807) is 11.1 Å². The van der Waals surface area contributed by atoms with Crippen molar-refractivity contribution in [1.29, 1.82) is 0 Å². The van der Waals surface area contributed by atoms with E-state index in [9.17, 15) is 9.59 Å². The Kier molecular flexibility index (Phi) is 4.04. The molecule has 7 nitrogen and oxygen atoms in total. The minimum atomic E-state index is -0.839. The highest BCUT2D eigenvalue weighted by atomic mass is 16.4. The van der Waals surface area contributed by atoms with Gasteiger partial charge in [-0.3, -0.25) is 4.79 Å². The lowest BCUT2D eigenvalue weighted by Crippen LogP contribution is -2.49. The van der Waals surface area contributed by atoms with Gasteiger partial charge in [-0.25, -0.2) is 9.78 Å². The molecule has 0 spiro atoms. The Morgan fingerprint density at radius 3 is 2.91 bits per heavy atom. The number of nitrogens with zero attached hydrogens (tertiary/aromatic N) is 2. The second kappa shape index (κ2) is 5.98. The van der Waals surface area contributed by atoms with E-state index in [1.807, 2.05) is 6.92 Å². The summed E-state index contributed by atoms with van der Waals surface area (Å²) in [7, 11) is 0. The quantitative estimate of drug-likeness (QED) is 0.884. The van der Waals surface area contributed by atoms with Crippen LogP contribution in [-0.2, 0) is 11.3 Å². The van der Waals surface area contributed by atoms with E-state index >= 15 is 0 Å². The summed E-state index contributed by atoms with van der Waals surface area (Å²) in [6.07, 6.45) is 4.50. The van der Waals surface area contributed by atoms with Crippen LogP contribution in [0.1, 0.15) is 43.8 Å². The van der Waals surface area contributed by atoms with Crippen LogP contribution >= 0.6 is 0 Å². The monoisotopic (exact) mass is 307 g/mol. The van der Waals surface area contributed by atoms with Crippen LogP contribution in [0, 0.1) is 11.8 Å². The Morgan fingerprint density at radius 2 is 2.23 bits per heavy atom. The Balaban J connectivity index is 1.52. The molecule has 120 valence electrons. The lowest BCUT2D eigenvalue weighted by Gasteiger charge is -2.34. The maximum Gasteiger partial charge on any atom is 0.317 e. The fourth-order valence-corrected chi connectivity index (χ4v) is 2.89. The fourth-order valence-electron chi connectivity index (χ4n) is 2.89. The smallest absolute Gasteiger partial charge is 0.317 e. The Bertz CT molecular complexity index is 567. The minimum absolute atomic E-state index is 0.187. The van der Waals surface area contributed by atoms with Crippen molar-refractivity contribution in [2.24, 2.45) is 11.8 Å². The van der Waals surface area contributed by atoms with Gasteiger partial charge in [-0.15, -0.1) is 0 Å². The van der Waals surface area contributed by atoms with Crippen molar-refractivity contribution in [3.05, 3.63) is 17.8 Å². The summed E-state index contributed by atoms with van der Waals surface area (Å²) in [4.78, 5) is 29.1. The molecule has 2 heterocycles. The summed E-state index contributed by atoms with van der Waals surface area (Å²) in [5, 5.41) is 11.9. The zero-order valence-corrected chi connectivity index (χ0v) is 12.6. The number of carboxylic acid groups (broad SMARTS) is 1. The molecule has 0 bridgehead atoms. The van der Waals surface area contributed by atoms with Crippen LogP contribution in [0.2, 0.25) is 0 Å². The number of nitrogens with one attached hydrogen (secondary N) is 1. The molecule has 2 aliphatic rings. The summed E-state index contributed by atoms with van der Waals surface area (Å²) in [6.45, 7) is 3.09. The van der Waals surface area contributed by atoms with Gasteiger partial charge < -0.3 is 19.7 Å². The van der Waals surface area contributed by atoms with Gasteiger partial charge in [0.2, 0.25) is 0 Å². The number of carbonyl (C=O) groups excluding carboxylic acids is 1. The van der Waals surface area contributed by atoms with Crippen molar-refractivity contribution < 1.29 is 19.1 Å². The van der Waals surface area contributed by atoms with E-state index in [0.29, 0.717) is 24.6 Å². The molecule has 7 heteroatoms. The van der Waals surface area contributed by atoms with Crippen LogP contribution in [0.5, 0.6) is 0 Å². The number of carbonyl (C=O) groups is 2. The van der Waals surface area contributed by atoms with Crippen molar-refractivity contribution in [2.75, 3.05) is 13.1 Å². The first-order chi connectivity index (χ1) is 10.5. The number of oxazole rings is 1. The van der Waals surface area contributed by atoms with Gasteiger partial charge in [0.05, 0.1) is 18.7 Å². The maximum atomic E-state index is 12.2. The molecule has 1 aromatic rings. The standard InChI is InChI=1S/C15H21N3O4/c1-9-4-11(14(19)20)8-18(7-9)15(21)17-6-12-5-16-13(22-12)10-2-3-10/h5,9-11H,2-4,6-8H2,1H3,(H,17,21)(H,19,20). The third-order valence-electron chi connectivity index (χ3n) is 4.21. The lowest BCUT2D eigenvalue weighted by atomic mass is 9.91. The third kappa shape index (κ3) is 3.40. The first kappa shape index (κ1) is 14.9. The highest BCUT2D eigenvalue weighted by Gasteiger charge is 2.32. The molecule has 2 unspecified atom stereocenters. The zero-order valence-electron chi connectivity index (χ0n) is 12.6. The number of aromatic nitrogens is 1. The van der Waals surface area contributed by atoms with Crippen molar-refractivity contribution in [2.45, 2.75) is 38.6 Å². The van der Waals surface area contributed by atoms with Gasteiger partial charge in [0, 0.05) is 19.0 Å². The number of urea groups is 1. The first-order valence-corrected chi connectivity index (χ1v) is 7.73. The lowest BCUT2D eigenvalue weighted by molar-refractivity contribution is -0.143. The Labute approximate surface area is 128 Å². The summed E-state index contributed by atoms with van der Waals surface area (Å²) in [6, 6.07) is -0.248. The summed E-state index contributed by atoms with van der Waals surface area (Å²) in [5.41, 5.74) is 0. The average Bonchev–Trinajstić information content (AvgIpc) is 3.23. The molecule has 2 amide bonds. The van der Waals surface area contributed by atoms with E-state index in [0.717, 1.165) is 18.7 Å². The van der Waals surface area contributed by atoms with Crippen molar-refractivity contribution in [3.8, 4) is 0 Å². The number of amides is 2. The molecule has 22 heavy (non-hydrogen) atoms. The molecule has 1 saturated heterocycles. The Hall–Kier alpha value is -2.05. The molecule has 0 radical (unpaired) electrons. The van der Waals surface area contributed by atoms with E-state index in [2.05, 4.69) is 10.3 Å². The molecule has 3 rings (SSSR count). The van der Waals surface area contributed by atoms with Gasteiger partial charge in [-0.2, -0.15) is 0 Å². The van der Waals surface area contributed by atoms with Crippen LogP contribution in [0.25, 0.3) is 0 Å². The van der Waals surface area contributed by atoms with Crippen LogP contribution < -0.4 is 5.32 Å². The van der Waals surface area contributed by atoms with Crippen LogP contribution in [0.15, 0.2) is 10.6 Å². The third-order valence-corrected chi connectivity index (χ3v) is 4.21. The van der Waals surface area contributed by atoms with Crippen molar-refractivity contribution >= 4 is 12.0 Å². The van der Waals surface area contributed by atoms with Gasteiger partial charge in [0.25, 0.3) is 0 Å². The first-order valence-electron chi connectivity index (χ1n) is 7.73. The second-order valence-corrected chi connectivity index (χ2v) is 6.38. The van der Waals surface area contributed by atoms with Gasteiger partial charge >= 0.3 is 12.0 Å². The number of aliphatic carboxylic acids is 1. The maximum absolute atomic E-state index is 12.2. The molecule has 2 fully saturated rings. The number of piperidine rings is 1. The van der Waals surface area contributed by atoms with E-state index in [-0.39, 0.29) is 25.0 Å². The number of likely N-dealkylation sites (tertiary alicyclic amines) is 1. The summed E-state index contributed by atoms with van der Waals surface area (Å²) in [5.74, 6) is 0.697. The van der Waals surface area contributed by atoms with E-state index in [1.165, 1.54) is 0 Å². The molecule has 2 N–H and O–H groups in total. The molecular weight excluding hydrogens is 286 g/mol. The second-order valence-electron chi connectivity index (χ2n) is 6.38. The molecule has 0 aromatic carbocycles. The van der Waals surface area contributed by atoms with Crippen LogP contribution in [0.3, 0.4) is 0 Å². The number of hydrogen-bond acceptors (Lipinski definition) is 4. The fraction of sp³-hybridized carbons (Fsp3) is 0.667. The van der Waals surface area contributed by atoms with E-state index < -0.39 is 11.9 Å². The highest BCUT2D eigenvalue weighted by molar-refractivity contribution is 5.76. The predicted octanol–water partition coefficient (Wildman–Crippen LogP) is 1.80. The zero-order chi connectivity index (χ0) is 15.7. The van der Waals surface area contributed by atoms with Gasteiger partial charge in [-0.1, -0.05) is 6.92 Å². The van der Waals surface area contributed by atoms with Crippen molar-refractivity contribution in [3.63, 3.8) is 0 Å². The molecule has 1 aromatic heterocycles. The molecule has 1 saturated carbocycles. The molecule has 1 aliphatic heterocycles. The normalized spacial score (nSPS) is 25.0. The van der Waals surface area contributed by atoms with Crippen LogP contribution in [0.4, 0.5) is 4.79 Å². The van der Waals surface area contributed by atoms with Gasteiger partial charge in [0.15, 0.2) is 5.89 Å². The number of hydrogen-bond donors (Lipinski definition) is 2. The molecule has 1 aliphatic carbocycles. The highest BCUT2D eigenvalue weighted by Crippen LogP contribution is 2.39. The SMILES string of the molecule is CC1CC(C(=O)O)CN(C(=O)NCc2cnc(C3CC3)o2)C1. The van der Waals surface area contributed by atoms with Gasteiger partial charge in [-0.05, 0) is 25.2 Å². The Morgan fingerprint density at radius 1 is 1.45 bits per heavy atom. The molecule has 2 atom stereocenters. The van der Waals surface area contributed by atoms with Crippen molar-refractivity contribution in [1.82, 2.24) is 15.2 Å². The predicted molar refractivity (Wildman–Crippen MR) is 77.2 cm³/mol. The topological polar surface area (TPSA) is 95.7 Å². The molecular formula is C15H21N3O4. The minimum Gasteiger partial charge on any atom is -0.481 e. The van der Waals surface area contributed by atoms with Gasteiger partial charge in [0.1, 0.15) is 5.76 Å². The summed E-state index contributed by atoms with van der Waals surface area (Å²) >= 11 is 0. The van der Waals surface area contributed by atoms with E-state index in [4.69, 9.17) is 9.52 Å². The largest absolute Gasteiger partial charge is 0.481 e. The number of carboxylic acids is 1.